The zero-order chi connectivity index (χ0) is 15.9. The molecule has 5 rings (SSSR count). The molecule has 0 amide bonds. The molecule has 4 N–H and O–H groups in total. The number of rotatable bonds is 0. The van der Waals surface area contributed by atoms with Gasteiger partial charge in [0.25, 0.3) is 0 Å². The van der Waals surface area contributed by atoms with Gasteiger partial charge in [-0.2, -0.15) is 0 Å². The summed E-state index contributed by atoms with van der Waals surface area (Å²) in [5.41, 5.74) is 0. The van der Waals surface area contributed by atoms with Crippen LogP contribution < -0.4 is 21.3 Å². The van der Waals surface area contributed by atoms with Crippen molar-refractivity contribution in [2.75, 3.05) is 0 Å². The number of hydrogen-bond donors (Lipinski definition) is 4. The third kappa shape index (κ3) is 3.10. The summed E-state index contributed by atoms with van der Waals surface area (Å²) in [4.78, 5) is 0. The average molecular weight is 329 g/mol. The lowest BCUT2D eigenvalue weighted by atomic mass is 10.0. The van der Waals surface area contributed by atoms with Gasteiger partial charge in [0.15, 0.2) is 0 Å². The molecule has 24 heavy (non-hydrogen) atoms. The molecule has 8 bridgehead atoms. The van der Waals surface area contributed by atoms with Gasteiger partial charge in [-0.05, 0) is 51.4 Å². The quantitative estimate of drug-likeness (QED) is 0.510. The summed E-state index contributed by atoms with van der Waals surface area (Å²) in [6.07, 6.45) is 20.2. The molecular weight excluding hydrogens is 296 g/mol. The topological polar surface area (TPSA) is 48.1 Å². The fourth-order valence-corrected chi connectivity index (χ4v) is 5.57. The maximum absolute atomic E-state index is 3.91. The van der Waals surface area contributed by atoms with E-state index in [0.29, 0.717) is 48.3 Å². The predicted octanol–water partition coefficient (Wildman–Crippen LogP) is 1.59. The fourth-order valence-electron chi connectivity index (χ4n) is 5.57. The van der Waals surface area contributed by atoms with Gasteiger partial charge in [0.05, 0.1) is 0 Å². The Kier molecular flexibility index (Phi) is 4.26. The molecule has 3 fully saturated rings. The molecule has 132 valence electrons. The summed E-state index contributed by atoms with van der Waals surface area (Å²) in [5.74, 6) is 0. The van der Waals surface area contributed by atoms with Crippen LogP contribution in [0, 0.1) is 0 Å². The van der Waals surface area contributed by atoms with Crippen molar-refractivity contribution >= 4 is 0 Å². The van der Waals surface area contributed by atoms with Gasteiger partial charge in [0.2, 0.25) is 0 Å². The van der Waals surface area contributed by atoms with Crippen molar-refractivity contribution in [3.05, 3.63) is 24.3 Å². The zero-order valence-electron chi connectivity index (χ0n) is 14.6. The molecule has 0 saturated carbocycles. The molecule has 3 saturated heterocycles. The Bertz CT molecular complexity index is 470. The standard InChI is InChI=1S/C20H32N4/c1-2-14-6-10-19(22-14)20-12-8-16(24-20)4-3-15-7-11-18(23-15)17-9-5-13(1)21-17/h5,8-9,12-24H,1-4,6-7,10-11H2. The normalized spacial score (nSPS) is 50.7. The first kappa shape index (κ1) is 15.6. The van der Waals surface area contributed by atoms with E-state index in [0.717, 1.165) is 0 Å². The fraction of sp³-hybridized carbons (Fsp3) is 0.800. The van der Waals surface area contributed by atoms with Crippen LogP contribution in [-0.2, 0) is 0 Å². The highest BCUT2D eigenvalue weighted by molar-refractivity contribution is 5.16. The molecule has 0 aromatic rings. The van der Waals surface area contributed by atoms with E-state index in [4.69, 9.17) is 0 Å². The summed E-state index contributed by atoms with van der Waals surface area (Å²) in [6, 6.07) is 4.95. The Morgan fingerprint density at radius 1 is 0.458 bits per heavy atom. The Morgan fingerprint density at radius 2 is 0.917 bits per heavy atom. The van der Waals surface area contributed by atoms with Crippen molar-refractivity contribution in [1.82, 2.24) is 21.3 Å². The summed E-state index contributed by atoms with van der Waals surface area (Å²) < 4.78 is 0. The molecule has 0 aliphatic carbocycles. The maximum Gasteiger partial charge on any atom is 0.0410 e. The van der Waals surface area contributed by atoms with Gasteiger partial charge in [0.1, 0.15) is 0 Å². The first-order valence-corrected chi connectivity index (χ1v) is 10.2. The zero-order valence-corrected chi connectivity index (χ0v) is 14.6. The summed E-state index contributed by atoms with van der Waals surface area (Å²) in [7, 11) is 0. The van der Waals surface area contributed by atoms with Gasteiger partial charge in [-0.1, -0.05) is 24.3 Å². The third-order valence-corrected chi connectivity index (χ3v) is 6.99. The van der Waals surface area contributed by atoms with E-state index in [1.165, 1.54) is 51.4 Å². The molecule has 8 atom stereocenters. The summed E-state index contributed by atoms with van der Waals surface area (Å²) >= 11 is 0. The summed E-state index contributed by atoms with van der Waals surface area (Å²) in [6.45, 7) is 0. The minimum Gasteiger partial charge on any atom is -0.309 e. The molecule has 5 heterocycles. The highest BCUT2D eigenvalue weighted by Gasteiger charge is 2.35. The van der Waals surface area contributed by atoms with E-state index in [9.17, 15) is 0 Å². The van der Waals surface area contributed by atoms with Crippen LogP contribution in [0.15, 0.2) is 24.3 Å². The van der Waals surface area contributed by atoms with Gasteiger partial charge in [-0.25, -0.2) is 0 Å². The third-order valence-electron chi connectivity index (χ3n) is 6.99. The van der Waals surface area contributed by atoms with Gasteiger partial charge in [-0.15, -0.1) is 0 Å². The molecule has 8 unspecified atom stereocenters. The highest BCUT2D eigenvalue weighted by Crippen LogP contribution is 2.27. The monoisotopic (exact) mass is 328 g/mol. The van der Waals surface area contributed by atoms with Gasteiger partial charge < -0.3 is 21.3 Å². The van der Waals surface area contributed by atoms with E-state index < -0.39 is 0 Å². The van der Waals surface area contributed by atoms with Crippen LogP contribution in [0.4, 0.5) is 0 Å². The average Bonchev–Trinajstić information content (AvgIpc) is 3.37. The highest BCUT2D eigenvalue weighted by atomic mass is 15.1. The first-order valence-electron chi connectivity index (χ1n) is 10.2. The van der Waals surface area contributed by atoms with Crippen LogP contribution >= 0.6 is 0 Å². The van der Waals surface area contributed by atoms with Gasteiger partial charge >= 0.3 is 0 Å². The Morgan fingerprint density at radius 3 is 1.42 bits per heavy atom. The molecule has 4 nitrogen and oxygen atoms in total. The van der Waals surface area contributed by atoms with Gasteiger partial charge in [-0.3, -0.25) is 0 Å². The lowest BCUT2D eigenvalue weighted by Gasteiger charge is -2.25. The van der Waals surface area contributed by atoms with E-state index in [2.05, 4.69) is 45.6 Å². The van der Waals surface area contributed by atoms with E-state index in [-0.39, 0.29) is 0 Å². The molecule has 0 aromatic carbocycles. The van der Waals surface area contributed by atoms with Crippen LogP contribution in [0.25, 0.3) is 0 Å². The van der Waals surface area contributed by atoms with Crippen molar-refractivity contribution in [3.8, 4) is 0 Å². The van der Waals surface area contributed by atoms with Crippen LogP contribution in [0.2, 0.25) is 0 Å². The van der Waals surface area contributed by atoms with Crippen molar-refractivity contribution in [2.24, 2.45) is 0 Å². The van der Waals surface area contributed by atoms with E-state index in [1.54, 1.807) is 0 Å². The number of fused-ring (bicyclic) bond motifs is 10. The first-order chi connectivity index (χ1) is 11.8. The second-order valence-electron chi connectivity index (χ2n) is 8.62. The van der Waals surface area contributed by atoms with Crippen LogP contribution in [0.1, 0.15) is 51.4 Å². The molecule has 5 aliphatic rings. The Labute approximate surface area is 145 Å². The number of nitrogens with one attached hydrogen (secondary N) is 4. The van der Waals surface area contributed by atoms with Crippen molar-refractivity contribution < 1.29 is 0 Å². The van der Waals surface area contributed by atoms with Crippen molar-refractivity contribution in [3.63, 3.8) is 0 Å². The minimum atomic E-state index is 0.547. The van der Waals surface area contributed by atoms with E-state index in [1.807, 2.05) is 0 Å². The van der Waals surface area contributed by atoms with Crippen LogP contribution in [-0.4, -0.2) is 48.3 Å². The molecule has 0 aromatic heterocycles. The smallest absolute Gasteiger partial charge is 0.0410 e. The van der Waals surface area contributed by atoms with Crippen molar-refractivity contribution in [1.29, 1.82) is 0 Å². The SMILES string of the molecule is C1=CC2NC1CCC1CCC(N1)C1C=CC(CCC3CCC2N3)N1. The Balaban J connectivity index is 1.28. The molecule has 0 radical (unpaired) electrons. The van der Waals surface area contributed by atoms with Gasteiger partial charge in [0, 0.05) is 48.3 Å². The second kappa shape index (κ2) is 6.56. The predicted molar refractivity (Wildman–Crippen MR) is 98.1 cm³/mol. The molecule has 5 aliphatic heterocycles. The molecular formula is C20H32N4. The maximum atomic E-state index is 3.91. The lowest BCUT2D eigenvalue weighted by Crippen LogP contribution is -2.47. The second-order valence-corrected chi connectivity index (χ2v) is 8.62. The largest absolute Gasteiger partial charge is 0.309 e. The van der Waals surface area contributed by atoms with E-state index >= 15 is 0 Å². The van der Waals surface area contributed by atoms with Crippen molar-refractivity contribution in [2.45, 2.75) is 99.7 Å². The number of hydrogen-bond acceptors (Lipinski definition) is 4. The van der Waals surface area contributed by atoms with Crippen LogP contribution in [0.3, 0.4) is 0 Å². The lowest BCUT2D eigenvalue weighted by molar-refractivity contribution is 0.379. The molecule has 0 spiro atoms. The minimum absolute atomic E-state index is 0.547. The Hall–Kier alpha value is -0.680. The summed E-state index contributed by atoms with van der Waals surface area (Å²) in [5, 5.41) is 15.5. The van der Waals surface area contributed by atoms with Crippen LogP contribution in [0.5, 0.6) is 0 Å². The molecule has 4 heteroatoms.